The molecular weight excluding hydrogens is 212 g/mol. The van der Waals surface area contributed by atoms with Crippen molar-refractivity contribution in [2.75, 3.05) is 7.11 Å². The van der Waals surface area contributed by atoms with Gasteiger partial charge < -0.3 is 9.84 Å². The molecule has 1 N–H and O–H groups in total. The topological polar surface area (TPSA) is 29.5 Å². The summed E-state index contributed by atoms with van der Waals surface area (Å²) in [5.41, 5.74) is 1.01. The second-order valence-electron chi connectivity index (χ2n) is 5.39. The van der Waals surface area contributed by atoms with E-state index < -0.39 is 0 Å². The summed E-state index contributed by atoms with van der Waals surface area (Å²) >= 11 is 0. The van der Waals surface area contributed by atoms with Crippen LogP contribution in [0.4, 0.5) is 0 Å². The van der Waals surface area contributed by atoms with Gasteiger partial charge in [0.05, 0.1) is 13.2 Å². The normalized spacial score (nSPS) is 20.9. The van der Waals surface area contributed by atoms with Gasteiger partial charge in [-0.2, -0.15) is 0 Å². The predicted molar refractivity (Wildman–Crippen MR) is 69.1 cm³/mol. The molecule has 1 atom stereocenters. The van der Waals surface area contributed by atoms with Crippen LogP contribution in [0.15, 0.2) is 24.3 Å². The molecule has 1 fully saturated rings. The number of benzene rings is 1. The lowest BCUT2D eigenvalue weighted by Gasteiger charge is -2.38. The smallest absolute Gasteiger partial charge is 0.119 e. The van der Waals surface area contributed by atoms with E-state index in [4.69, 9.17) is 4.74 Å². The molecular formula is C15H22O2. The van der Waals surface area contributed by atoms with E-state index in [0.29, 0.717) is 0 Å². The standard InChI is InChI=1S/C15H22O2/c1-15(9-4-3-5-10-15)14(16)12-7-6-8-13(11-12)17-2/h6-8,11,14,16H,3-5,9-10H2,1-2H3. The van der Waals surface area contributed by atoms with Gasteiger partial charge in [0.25, 0.3) is 0 Å². The van der Waals surface area contributed by atoms with Crippen molar-refractivity contribution in [3.63, 3.8) is 0 Å². The molecule has 1 aliphatic carbocycles. The van der Waals surface area contributed by atoms with Crippen molar-refractivity contribution >= 4 is 0 Å². The number of aliphatic hydroxyl groups excluding tert-OH is 1. The highest BCUT2D eigenvalue weighted by Gasteiger charge is 2.35. The number of aliphatic hydroxyl groups is 1. The van der Waals surface area contributed by atoms with E-state index in [0.717, 1.165) is 24.2 Å². The molecule has 0 amide bonds. The second-order valence-corrected chi connectivity index (χ2v) is 5.39. The van der Waals surface area contributed by atoms with E-state index in [2.05, 4.69) is 6.92 Å². The van der Waals surface area contributed by atoms with Crippen LogP contribution in [-0.2, 0) is 0 Å². The van der Waals surface area contributed by atoms with Crippen molar-refractivity contribution in [1.82, 2.24) is 0 Å². The molecule has 1 unspecified atom stereocenters. The van der Waals surface area contributed by atoms with Gasteiger partial charge in [0.1, 0.15) is 5.75 Å². The van der Waals surface area contributed by atoms with Crippen LogP contribution in [0.1, 0.15) is 50.7 Å². The maximum atomic E-state index is 10.6. The highest BCUT2D eigenvalue weighted by Crippen LogP contribution is 2.45. The van der Waals surface area contributed by atoms with Gasteiger partial charge >= 0.3 is 0 Å². The average Bonchev–Trinajstić information content (AvgIpc) is 2.39. The Bertz CT molecular complexity index is 367. The highest BCUT2D eigenvalue weighted by atomic mass is 16.5. The van der Waals surface area contributed by atoms with Gasteiger partial charge in [0, 0.05) is 0 Å². The van der Waals surface area contributed by atoms with Gasteiger partial charge in [-0.05, 0) is 36.0 Å². The molecule has 2 nitrogen and oxygen atoms in total. The van der Waals surface area contributed by atoms with Crippen molar-refractivity contribution in [2.45, 2.75) is 45.1 Å². The average molecular weight is 234 g/mol. The fourth-order valence-corrected chi connectivity index (χ4v) is 2.85. The highest BCUT2D eigenvalue weighted by molar-refractivity contribution is 5.30. The number of hydrogen-bond donors (Lipinski definition) is 1. The van der Waals surface area contributed by atoms with Crippen LogP contribution >= 0.6 is 0 Å². The Morgan fingerprint density at radius 3 is 2.59 bits per heavy atom. The van der Waals surface area contributed by atoms with E-state index in [1.54, 1.807) is 7.11 Å². The van der Waals surface area contributed by atoms with Crippen molar-refractivity contribution in [3.8, 4) is 5.75 Å². The summed E-state index contributed by atoms with van der Waals surface area (Å²) < 4.78 is 5.21. The Hall–Kier alpha value is -1.02. The van der Waals surface area contributed by atoms with Crippen molar-refractivity contribution < 1.29 is 9.84 Å². The van der Waals surface area contributed by atoms with Gasteiger partial charge in [0.15, 0.2) is 0 Å². The minimum absolute atomic E-state index is 0.0324. The summed E-state index contributed by atoms with van der Waals surface area (Å²) in [4.78, 5) is 0. The number of rotatable bonds is 3. The molecule has 0 spiro atoms. The molecule has 0 aromatic heterocycles. The minimum atomic E-state index is -0.377. The molecule has 17 heavy (non-hydrogen) atoms. The number of ether oxygens (including phenoxy) is 1. The predicted octanol–water partition coefficient (Wildman–Crippen LogP) is 3.70. The zero-order valence-electron chi connectivity index (χ0n) is 10.8. The lowest BCUT2D eigenvalue weighted by atomic mass is 9.70. The third-order valence-electron chi connectivity index (χ3n) is 4.07. The van der Waals surface area contributed by atoms with E-state index >= 15 is 0 Å². The van der Waals surface area contributed by atoms with Crippen LogP contribution in [0.2, 0.25) is 0 Å². The fraction of sp³-hybridized carbons (Fsp3) is 0.600. The summed E-state index contributed by atoms with van der Waals surface area (Å²) in [7, 11) is 1.66. The van der Waals surface area contributed by atoms with Gasteiger partial charge in [-0.1, -0.05) is 38.3 Å². The molecule has 0 radical (unpaired) electrons. The summed E-state index contributed by atoms with van der Waals surface area (Å²) in [6.45, 7) is 2.20. The van der Waals surface area contributed by atoms with Crippen molar-refractivity contribution in [1.29, 1.82) is 0 Å². The monoisotopic (exact) mass is 234 g/mol. The van der Waals surface area contributed by atoms with E-state index in [-0.39, 0.29) is 11.5 Å². The Morgan fingerprint density at radius 2 is 1.94 bits per heavy atom. The summed E-state index contributed by atoms with van der Waals surface area (Å²) in [6, 6.07) is 7.81. The first kappa shape index (κ1) is 12.4. The van der Waals surface area contributed by atoms with Gasteiger partial charge in [-0.15, -0.1) is 0 Å². The molecule has 1 aromatic carbocycles. The zero-order chi connectivity index (χ0) is 12.3. The van der Waals surface area contributed by atoms with Gasteiger partial charge in [0.2, 0.25) is 0 Å². The lowest BCUT2D eigenvalue weighted by Crippen LogP contribution is -2.28. The molecule has 2 rings (SSSR count). The molecule has 1 aromatic rings. The first-order valence-corrected chi connectivity index (χ1v) is 6.48. The Labute approximate surface area is 104 Å². The molecule has 1 saturated carbocycles. The SMILES string of the molecule is COc1cccc(C(O)C2(C)CCCCC2)c1. The van der Waals surface area contributed by atoms with E-state index in [9.17, 15) is 5.11 Å². The van der Waals surface area contributed by atoms with Crippen LogP contribution in [0.25, 0.3) is 0 Å². The maximum Gasteiger partial charge on any atom is 0.119 e. The molecule has 2 heteroatoms. The van der Waals surface area contributed by atoms with Gasteiger partial charge in [-0.25, -0.2) is 0 Å². The zero-order valence-corrected chi connectivity index (χ0v) is 10.8. The third kappa shape index (κ3) is 2.63. The molecule has 0 aliphatic heterocycles. The van der Waals surface area contributed by atoms with E-state index in [1.807, 2.05) is 24.3 Å². The van der Waals surface area contributed by atoms with E-state index in [1.165, 1.54) is 19.3 Å². The summed E-state index contributed by atoms with van der Waals surface area (Å²) in [6.07, 6.45) is 5.63. The molecule has 1 aliphatic rings. The first-order valence-electron chi connectivity index (χ1n) is 6.48. The molecule has 94 valence electrons. The van der Waals surface area contributed by atoms with Crippen LogP contribution in [0.5, 0.6) is 5.75 Å². The van der Waals surface area contributed by atoms with Crippen LogP contribution in [0, 0.1) is 5.41 Å². The van der Waals surface area contributed by atoms with Crippen molar-refractivity contribution in [3.05, 3.63) is 29.8 Å². The van der Waals surface area contributed by atoms with Crippen LogP contribution < -0.4 is 4.74 Å². The lowest BCUT2D eigenvalue weighted by molar-refractivity contribution is 0.00807. The Morgan fingerprint density at radius 1 is 1.24 bits per heavy atom. The molecule has 0 saturated heterocycles. The van der Waals surface area contributed by atoms with Crippen LogP contribution in [-0.4, -0.2) is 12.2 Å². The Kier molecular flexibility index (Phi) is 3.72. The maximum absolute atomic E-state index is 10.6. The summed E-state index contributed by atoms with van der Waals surface area (Å²) in [5, 5.41) is 10.6. The third-order valence-corrected chi connectivity index (χ3v) is 4.07. The number of methoxy groups -OCH3 is 1. The minimum Gasteiger partial charge on any atom is -0.497 e. The number of hydrogen-bond acceptors (Lipinski definition) is 2. The Balaban J connectivity index is 2.19. The largest absolute Gasteiger partial charge is 0.497 e. The summed E-state index contributed by atoms with van der Waals surface area (Å²) in [5.74, 6) is 0.820. The second kappa shape index (κ2) is 5.09. The first-order chi connectivity index (χ1) is 8.15. The molecule has 0 bridgehead atoms. The van der Waals surface area contributed by atoms with Crippen LogP contribution in [0.3, 0.4) is 0 Å². The van der Waals surface area contributed by atoms with Gasteiger partial charge in [-0.3, -0.25) is 0 Å². The molecule has 0 heterocycles. The quantitative estimate of drug-likeness (QED) is 0.864. The fourth-order valence-electron chi connectivity index (χ4n) is 2.85. The van der Waals surface area contributed by atoms with Crippen molar-refractivity contribution in [2.24, 2.45) is 5.41 Å².